The van der Waals surface area contributed by atoms with Gasteiger partial charge in [0.25, 0.3) is 0 Å². The van der Waals surface area contributed by atoms with Crippen molar-refractivity contribution in [3.8, 4) is 34.4 Å². The molecule has 0 aliphatic carbocycles. The van der Waals surface area contributed by atoms with E-state index in [9.17, 15) is 10.1 Å². The van der Waals surface area contributed by atoms with E-state index in [2.05, 4.69) is 22.4 Å². The maximum Gasteiger partial charge on any atom is 0.234 e. The quantitative estimate of drug-likeness (QED) is 0.406. The third-order valence-electron chi connectivity index (χ3n) is 6.42. The summed E-state index contributed by atoms with van der Waals surface area (Å²) in [5.74, 6) is 1.46. The van der Waals surface area contributed by atoms with Crippen molar-refractivity contribution < 1.29 is 19.0 Å². The Morgan fingerprint density at radius 2 is 1.74 bits per heavy atom. The average Bonchev–Trinajstić information content (AvgIpc) is 2.89. The lowest BCUT2D eigenvalue weighted by molar-refractivity contribution is -0.113. The number of nitrogens with zero attached hydrogens (tertiary/aromatic N) is 3. The van der Waals surface area contributed by atoms with Crippen molar-refractivity contribution in [1.82, 2.24) is 9.88 Å². The molecule has 1 aromatic heterocycles. The summed E-state index contributed by atoms with van der Waals surface area (Å²) < 4.78 is 16.7. The molecule has 0 spiro atoms. The summed E-state index contributed by atoms with van der Waals surface area (Å²) in [6.07, 6.45) is 0.747. The summed E-state index contributed by atoms with van der Waals surface area (Å²) in [7, 11) is 6.74. The summed E-state index contributed by atoms with van der Waals surface area (Å²) in [6.45, 7) is 5.50. The standard InChI is InChI=1S/C29H32N4O4S/c1-17-9-18(2)11-20(10-17)31-26(34)16-38-29-21(14-30)27(22-15-33(3)8-7-23(22)32-29)19-12-24(35-4)28(37-6)25(13-19)36-5/h9-13H,7-8,15-16H2,1-6H3,(H,31,34). The van der Waals surface area contributed by atoms with Crippen molar-refractivity contribution in [2.75, 3.05) is 46.0 Å². The van der Waals surface area contributed by atoms with Gasteiger partial charge < -0.3 is 24.4 Å². The van der Waals surface area contributed by atoms with Gasteiger partial charge in [-0.1, -0.05) is 17.8 Å². The Balaban J connectivity index is 1.75. The van der Waals surface area contributed by atoms with E-state index in [1.165, 1.54) is 11.8 Å². The lowest BCUT2D eigenvalue weighted by atomic mass is 9.91. The number of nitrogens with one attached hydrogen (secondary N) is 1. The number of likely N-dealkylation sites (N-methyl/N-ethyl adjacent to an activating group) is 1. The van der Waals surface area contributed by atoms with Crippen molar-refractivity contribution in [3.05, 3.63) is 58.3 Å². The van der Waals surface area contributed by atoms with Gasteiger partial charge in [-0.3, -0.25) is 4.79 Å². The summed E-state index contributed by atoms with van der Waals surface area (Å²) in [4.78, 5) is 19.9. The highest BCUT2D eigenvalue weighted by atomic mass is 32.2. The molecule has 38 heavy (non-hydrogen) atoms. The van der Waals surface area contributed by atoms with E-state index in [4.69, 9.17) is 19.2 Å². The number of nitriles is 1. The molecule has 8 nitrogen and oxygen atoms in total. The van der Waals surface area contributed by atoms with Crippen LogP contribution in [-0.4, -0.2) is 56.5 Å². The first-order valence-electron chi connectivity index (χ1n) is 12.2. The van der Waals surface area contributed by atoms with E-state index < -0.39 is 0 Å². The molecule has 1 aliphatic heterocycles. The number of anilines is 1. The van der Waals surface area contributed by atoms with Crippen LogP contribution in [0.4, 0.5) is 5.69 Å². The van der Waals surface area contributed by atoms with Crippen LogP contribution >= 0.6 is 11.8 Å². The number of carbonyl (C=O) groups is 1. The third kappa shape index (κ3) is 5.72. The molecular weight excluding hydrogens is 500 g/mol. The molecule has 2 aromatic carbocycles. The molecule has 1 N–H and O–H groups in total. The second-order valence-corrected chi connectivity index (χ2v) is 10.3. The van der Waals surface area contributed by atoms with Gasteiger partial charge >= 0.3 is 0 Å². The molecule has 0 bridgehead atoms. The Bertz CT molecular complexity index is 1370. The normalized spacial score (nSPS) is 12.9. The first kappa shape index (κ1) is 27.3. The molecule has 0 saturated heterocycles. The number of carbonyl (C=O) groups excluding carboxylic acids is 1. The molecule has 1 amide bonds. The number of aryl methyl sites for hydroxylation is 2. The van der Waals surface area contributed by atoms with E-state index in [0.29, 0.717) is 34.4 Å². The van der Waals surface area contributed by atoms with Crippen LogP contribution in [0, 0.1) is 25.2 Å². The Hall–Kier alpha value is -3.74. The predicted molar refractivity (Wildman–Crippen MR) is 149 cm³/mol. The molecule has 4 rings (SSSR count). The van der Waals surface area contributed by atoms with Crippen molar-refractivity contribution >= 4 is 23.4 Å². The van der Waals surface area contributed by atoms with Crippen molar-refractivity contribution in [1.29, 1.82) is 5.26 Å². The first-order chi connectivity index (χ1) is 18.3. The Morgan fingerprint density at radius 3 is 2.32 bits per heavy atom. The summed E-state index contributed by atoms with van der Waals surface area (Å²) in [6, 6.07) is 12.0. The molecule has 198 valence electrons. The fourth-order valence-electron chi connectivity index (χ4n) is 4.80. The number of pyridine rings is 1. The van der Waals surface area contributed by atoms with Gasteiger partial charge in [-0.05, 0) is 67.4 Å². The number of benzene rings is 2. The number of fused-ring (bicyclic) bond motifs is 1. The molecule has 2 heterocycles. The zero-order valence-electron chi connectivity index (χ0n) is 22.6. The summed E-state index contributed by atoms with van der Waals surface area (Å²) in [5.41, 5.74) is 6.82. The van der Waals surface area contributed by atoms with Gasteiger partial charge in [0.15, 0.2) is 11.5 Å². The summed E-state index contributed by atoms with van der Waals surface area (Å²) >= 11 is 1.27. The number of rotatable bonds is 8. The second-order valence-electron chi connectivity index (χ2n) is 9.32. The lowest BCUT2D eigenvalue weighted by Crippen LogP contribution is -2.28. The molecule has 9 heteroatoms. The molecule has 3 aromatic rings. The minimum Gasteiger partial charge on any atom is -0.493 e. The topological polar surface area (TPSA) is 96.7 Å². The number of thioether (sulfide) groups is 1. The van der Waals surface area contributed by atoms with Crippen molar-refractivity contribution in [2.45, 2.75) is 31.8 Å². The maximum absolute atomic E-state index is 12.8. The third-order valence-corrected chi connectivity index (χ3v) is 7.39. The van der Waals surface area contributed by atoms with E-state index in [-0.39, 0.29) is 11.7 Å². The Morgan fingerprint density at radius 1 is 1.08 bits per heavy atom. The van der Waals surface area contributed by atoms with Gasteiger partial charge in [0.2, 0.25) is 11.7 Å². The maximum atomic E-state index is 12.8. The molecule has 0 fully saturated rings. The van der Waals surface area contributed by atoms with Gasteiger partial charge in [-0.15, -0.1) is 0 Å². The van der Waals surface area contributed by atoms with Crippen LogP contribution < -0.4 is 19.5 Å². The van der Waals surface area contributed by atoms with E-state index in [0.717, 1.165) is 52.2 Å². The Labute approximate surface area is 227 Å². The highest BCUT2D eigenvalue weighted by molar-refractivity contribution is 8.00. The molecule has 0 saturated carbocycles. The zero-order valence-corrected chi connectivity index (χ0v) is 23.4. The van der Waals surface area contributed by atoms with Gasteiger partial charge in [0.05, 0.1) is 32.6 Å². The first-order valence-corrected chi connectivity index (χ1v) is 13.2. The fourth-order valence-corrected chi connectivity index (χ4v) is 5.61. The fraction of sp³-hybridized carbons (Fsp3) is 0.345. The minimum absolute atomic E-state index is 0.127. The van der Waals surface area contributed by atoms with Crippen LogP contribution in [-0.2, 0) is 17.8 Å². The van der Waals surface area contributed by atoms with Crippen molar-refractivity contribution in [2.24, 2.45) is 0 Å². The van der Waals surface area contributed by atoms with Crippen LogP contribution in [0.1, 0.15) is 27.9 Å². The minimum atomic E-state index is -0.155. The molecule has 1 aliphatic rings. The molecule has 0 unspecified atom stereocenters. The predicted octanol–water partition coefficient (Wildman–Crippen LogP) is 4.98. The van der Waals surface area contributed by atoms with Gasteiger partial charge in [-0.2, -0.15) is 5.26 Å². The largest absolute Gasteiger partial charge is 0.493 e. The van der Waals surface area contributed by atoms with Crippen molar-refractivity contribution in [3.63, 3.8) is 0 Å². The smallest absolute Gasteiger partial charge is 0.234 e. The number of hydrogen-bond acceptors (Lipinski definition) is 8. The zero-order chi connectivity index (χ0) is 27.4. The van der Waals surface area contributed by atoms with Crippen LogP contribution in [0.2, 0.25) is 0 Å². The molecule has 0 atom stereocenters. The van der Waals surface area contributed by atoms with Crippen LogP contribution in [0.25, 0.3) is 11.1 Å². The number of hydrogen-bond donors (Lipinski definition) is 1. The lowest BCUT2D eigenvalue weighted by Gasteiger charge is -2.28. The van der Waals surface area contributed by atoms with E-state index in [1.54, 1.807) is 21.3 Å². The van der Waals surface area contributed by atoms with Gasteiger partial charge in [-0.25, -0.2) is 4.98 Å². The van der Waals surface area contributed by atoms with E-state index >= 15 is 0 Å². The summed E-state index contributed by atoms with van der Waals surface area (Å²) in [5, 5.41) is 13.8. The monoisotopic (exact) mass is 532 g/mol. The van der Waals surface area contributed by atoms with E-state index in [1.807, 2.05) is 45.2 Å². The second kappa shape index (κ2) is 11.8. The van der Waals surface area contributed by atoms with Crippen LogP contribution in [0.3, 0.4) is 0 Å². The highest BCUT2D eigenvalue weighted by Crippen LogP contribution is 2.44. The van der Waals surface area contributed by atoms with Crippen LogP contribution in [0.15, 0.2) is 35.4 Å². The number of amides is 1. The van der Waals surface area contributed by atoms with Gasteiger partial charge in [0, 0.05) is 36.5 Å². The highest BCUT2D eigenvalue weighted by Gasteiger charge is 2.27. The van der Waals surface area contributed by atoms with Gasteiger partial charge in [0.1, 0.15) is 11.1 Å². The average molecular weight is 533 g/mol. The molecular formula is C29H32N4O4S. The number of aromatic nitrogens is 1. The number of ether oxygens (including phenoxy) is 3. The Kier molecular flexibility index (Phi) is 8.45. The molecule has 0 radical (unpaired) electrons. The van der Waals surface area contributed by atoms with Crippen LogP contribution in [0.5, 0.6) is 17.2 Å². The SMILES string of the molecule is COc1cc(-c2c(C#N)c(SCC(=O)Nc3cc(C)cc(C)c3)nc3c2CN(C)CC3)cc(OC)c1OC. The number of methoxy groups -OCH3 is 3.